The number of para-hydroxylation sites is 2. The monoisotopic (exact) mass is 616 g/mol. The minimum absolute atomic E-state index is 0.177. The third-order valence-corrected chi connectivity index (χ3v) is 10.7. The first-order valence-corrected chi connectivity index (χ1v) is 16.9. The summed E-state index contributed by atoms with van der Waals surface area (Å²) in [5, 5.41) is 1.12. The minimum atomic E-state index is -0.393. The topological polar surface area (TPSA) is 35.0 Å². The standard InChI is InChI=1S/C45H32N2O/c1-2-12-31(13-3-1)44-46-40-20-10-6-16-35(40)43(47-44)30-24-22-29(23-25-30)32-26-27-42-39(28-32)45(38-19-9-11-21-41(38)48-42)36-17-7-4-14-33(36)34-15-5-8-18-37(34)45/h1-24,26-27,30,32H,25,28H2. The van der Waals surface area contributed by atoms with Gasteiger partial charge in [0.2, 0.25) is 0 Å². The summed E-state index contributed by atoms with van der Waals surface area (Å²) in [6.07, 6.45) is 13.5. The third kappa shape index (κ3) is 3.94. The Hall–Kier alpha value is -5.80. The summed E-state index contributed by atoms with van der Waals surface area (Å²) in [5.41, 5.74) is 12.0. The second-order valence-electron chi connectivity index (χ2n) is 13.2. The molecule has 3 heteroatoms. The van der Waals surface area contributed by atoms with Crippen molar-refractivity contribution in [2.24, 2.45) is 5.92 Å². The summed E-state index contributed by atoms with van der Waals surface area (Å²) in [4.78, 5) is 10.1. The van der Waals surface area contributed by atoms with Crippen LogP contribution in [0.4, 0.5) is 0 Å². The zero-order valence-electron chi connectivity index (χ0n) is 26.4. The number of ether oxygens (including phenoxy) is 1. The molecule has 0 saturated carbocycles. The molecule has 2 atom stereocenters. The van der Waals surface area contributed by atoms with Gasteiger partial charge in [-0.25, -0.2) is 9.97 Å². The first-order chi connectivity index (χ1) is 23.8. The van der Waals surface area contributed by atoms with Crippen molar-refractivity contribution in [1.82, 2.24) is 9.97 Å². The highest BCUT2D eigenvalue weighted by molar-refractivity contribution is 5.88. The van der Waals surface area contributed by atoms with Crippen LogP contribution in [0.15, 0.2) is 175 Å². The Bertz CT molecular complexity index is 2350. The molecule has 6 aromatic rings. The van der Waals surface area contributed by atoms with E-state index < -0.39 is 5.41 Å². The zero-order chi connectivity index (χ0) is 31.7. The van der Waals surface area contributed by atoms with Crippen molar-refractivity contribution in [3.63, 3.8) is 0 Å². The maximum Gasteiger partial charge on any atom is 0.160 e. The lowest BCUT2D eigenvalue weighted by Gasteiger charge is -2.43. The first-order valence-electron chi connectivity index (χ1n) is 16.9. The zero-order valence-corrected chi connectivity index (χ0v) is 26.4. The fraction of sp³-hybridized carbons (Fsp3) is 0.111. The quantitative estimate of drug-likeness (QED) is 0.198. The van der Waals surface area contributed by atoms with E-state index in [9.17, 15) is 0 Å². The molecule has 0 bridgehead atoms. The highest BCUT2D eigenvalue weighted by Gasteiger charge is 2.52. The van der Waals surface area contributed by atoms with Crippen LogP contribution in [-0.2, 0) is 5.41 Å². The van der Waals surface area contributed by atoms with Gasteiger partial charge in [-0.15, -0.1) is 0 Å². The highest BCUT2D eigenvalue weighted by atomic mass is 16.5. The number of benzene rings is 5. The van der Waals surface area contributed by atoms with Crippen molar-refractivity contribution in [3.05, 3.63) is 197 Å². The number of rotatable bonds is 3. The van der Waals surface area contributed by atoms with Gasteiger partial charge in [0.15, 0.2) is 5.82 Å². The lowest BCUT2D eigenvalue weighted by atomic mass is 9.62. The summed E-state index contributed by atoms with van der Waals surface area (Å²) in [6.45, 7) is 0. The fourth-order valence-electron chi connectivity index (χ4n) is 8.57. The molecule has 0 N–H and O–H groups in total. The summed E-state index contributed by atoms with van der Waals surface area (Å²) in [6, 6.07) is 45.2. The molecule has 0 radical (unpaired) electrons. The van der Waals surface area contributed by atoms with E-state index in [-0.39, 0.29) is 11.8 Å². The molecule has 2 unspecified atom stereocenters. The van der Waals surface area contributed by atoms with Crippen molar-refractivity contribution >= 4 is 10.9 Å². The normalized spacial score (nSPS) is 19.7. The van der Waals surface area contributed by atoms with Crippen molar-refractivity contribution in [2.45, 2.75) is 24.2 Å². The van der Waals surface area contributed by atoms with Crippen LogP contribution in [0.5, 0.6) is 5.75 Å². The Balaban J connectivity index is 1.03. The fourth-order valence-corrected chi connectivity index (χ4v) is 8.57. The smallest absolute Gasteiger partial charge is 0.160 e. The van der Waals surface area contributed by atoms with Gasteiger partial charge in [-0.2, -0.15) is 0 Å². The number of fused-ring (bicyclic) bond motifs is 9. The highest BCUT2D eigenvalue weighted by Crippen LogP contribution is 2.62. The Labute approximate surface area is 280 Å². The van der Waals surface area contributed by atoms with Gasteiger partial charge in [-0.3, -0.25) is 0 Å². The van der Waals surface area contributed by atoms with E-state index in [1.165, 1.54) is 39.0 Å². The Morgan fingerprint density at radius 1 is 0.604 bits per heavy atom. The lowest BCUT2D eigenvalue weighted by molar-refractivity contribution is 0.382. The van der Waals surface area contributed by atoms with Crippen molar-refractivity contribution in [1.29, 1.82) is 0 Å². The van der Waals surface area contributed by atoms with Gasteiger partial charge in [0.1, 0.15) is 11.5 Å². The SMILES string of the molecule is C1=CC(c2nc(-c3ccccc3)nc3ccccc23)CC=C1C1C=CC2=C(C1)C1(c3ccccc3O2)c2ccccc2-c2ccccc21. The lowest BCUT2D eigenvalue weighted by Crippen LogP contribution is -2.36. The van der Waals surface area contributed by atoms with Crippen molar-refractivity contribution in [2.75, 3.05) is 0 Å². The maximum absolute atomic E-state index is 6.69. The summed E-state index contributed by atoms with van der Waals surface area (Å²) < 4.78 is 6.69. The molecule has 3 aliphatic carbocycles. The average molecular weight is 617 g/mol. The van der Waals surface area contributed by atoms with E-state index in [0.717, 1.165) is 52.3 Å². The van der Waals surface area contributed by atoms with E-state index in [4.69, 9.17) is 14.7 Å². The van der Waals surface area contributed by atoms with E-state index in [0.29, 0.717) is 0 Å². The molecule has 1 aromatic heterocycles. The summed E-state index contributed by atoms with van der Waals surface area (Å²) >= 11 is 0. The number of hydrogen-bond acceptors (Lipinski definition) is 3. The molecule has 48 heavy (non-hydrogen) atoms. The van der Waals surface area contributed by atoms with E-state index in [2.05, 4.69) is 140 Å². The molecule has 0 saturated heterocycles. The number of nitrogens with zero attached hydrogens (tertiary/aromatic N) is 2. The molecule has 4 aliphatic rings. The Morgan fingerprint density at radius 3 is 2.04 bits per heavy atom. The number of hydrogen-bond donors (Lipinski definition) is 0. The molecular weight excluding hydrogens is 585 g/mol. The van der Waals surface area contributed by atoms with Gasteiger partial charge >= 0.3 is 0 Å². The van der Waals surface area contributed by atoms with Gasteiger partial charge < -0.3 is 4.74 Å². The molecular formula is C45H32N2O. The maximum atomic E-state index is 6.69. The van der Waals surface area contributed by atoms with Crippen LogP contribution in [-0.4, -0.2) is 9.97 Å². The largest absolute Gasteiger partial charge is 0.457 e. The second-order valence-corrected chi connectivity index (χ2v) is 13.2. The summed E-state index contributed by atoms with van der Waals surface area (Å²) in [5.74, 6) is 3.13. The van der Waals surface area contributed by atoms with Gasteiger partial charge in [0.25, 0.3) is 0 Å². The van der Waals surface area contributed by atoms with Crippen LogP contribution >= 0.6 is 0 Å². The van der Waals surface area contributed by atoms with Crippen LogP contribution in [0.1, 0.15) is 41.1 Å². The molecule has 2 heterocycles. The number of allylic oxidation sites excluding steroid dienone is 7. The van der Waals surface area contributed by atoms with E-state index in [1.54, 1.807) is 0 Å². The van der Waals surface area contributed by atoms with Crippen LogP contribution in [0, 0.1) is 5.92 Å². The van der Waals surface area contributed by atoms with Crippen LogP contribution in [0.3, 0.4) is 0 Å². The van der Waals surface area contributed by atoms with Gasteiger partial charge in [-0.1, -0.05) is 140 Å². The molecule has 1 aliphatic heterocycles. The molecule has 10 rings (SSSR count). The Morgan fingerprint density at radius 2 is 1.27 bits per heavy atom. The minimum Gasteiger partial charge on any atom is -0.457 e. The predicted octanol–water partition coefficient (Wildman–Crippen LogP) is 10.5. The molecule has 1 spiro atoms. The van der Waals surface area contributed by atoms with Crippen LogP contribution < -0.4 is 4.74 Å². The average Bonchev–Trinajstić information content (AvgIpc) is 3.45. The van der Waals surface area contributed by atoms with Crippen LogP contribution in [0.2, 0.25) is 0 Å². The van der Waals surface area contributed by atoms with Crippen LogP contribution in [0.25, 0.3) is 33.4 Å². The van der Waals surface area contributed by atoms with Gasteiger partial charge in [0, 0.05) is 28.3 Å². The molecule has 0 amide bonds. The molecule has 0 fully saturated rings. The third-order valence-electron chi connectivity index (χ3n) is 10.7. The summed E-state index contributed by atoms with van der Waals surface area (Å²) in [7, 11) is 0. The van der Waals surface area contributed by atoms with Crippen molar-refractivity contribution in [3.8, 4) is 28.3 Å². The van der Waals surface area contributed by atoms with Gasteiger partial charge in [0.05, 0.1) is 16.6 Å². The molecule has 3 nitrogen and oxygen atoms in total. The van der Waals surface area contributed by atoms with E-state index >= 15 is 0 Å². The first kappa shape index (κ1) is 27.3. The van der Waals surface area contributed by atoms with Crippen molar-refractivity contribution < 1.29 is 4.74 Å². The van der Waals surface area contributed by atoms with Gasteiger partial charge in [-0.05, 0) is 64.5 Å². The molecule has 5 aromatic carbocycles. The second kappa shape index (κ2) is 10.6. The van der Waals surface area contributed by atoms with E-state index in [1.807, 2.05) is 18.2 Å². The Kier molecular flexibility index (Phi) is 6.04. The number of aromatic nitrogens is 2. The molecule has 228 valence electrons. The predicted molar refractivity (Wildman–Crippen MR) is 193 cm³/mol.